The van der Waals surface area contributed by atoms with E-state index in [0.717, 1.165) is 32.8 Å². The number of benzene rings is 2. The Morgan fingerprint density at radius 2 is 1.66 bits per heavy atom. The Kier molecular flexibility index (Phi) is 9.89. The minimum atomic E-state index is -3.76. The molecule has 0 radical (unpaired) electrons. The summed E-state index contributed by atoms with van der Waals surface area (Å²) in [4.78, 5) is 28.4. The summed E-state index contributed by atoms with van der Waals surface area (Å²) in [5, 5.41) is 2.94. The van der Waals surface area contributed by atoms with Crippen molar-refractivity contribution in [1.29, 1.82) is 0 Å². The first-order valence-corrected chi connectivity index (χ1v) is 13.9. The first kappa shape index (κ1) is 28.4. The highest BCUT2D eigenvalue weighted by molar-refractivity contribution is 7.92. The molecular formula is C27H39N3O4S. The van der Waals surface area contributed by atoms with Crippen LogP contribution in [0.2, 0.25) is 0 Å². The maximum Gasteiger partial charge on any atom is 0.244 e. The quantitative estimate of drug-likeness (QED) is 0.505. The lowest BCUT2D eigenvalue weighted by atomic mass is 10.1. The summed E-state index contributed by atoms with van der Waals surface area (Å²) in [5.41, 5.74) is 4.02. The number of carbonyl (C=O) groups is 2. The van der Waals surface area contributed by atoms with Crippen LogP contribution in [-0.4, -0.2) is 50.5 Å². The molecule has 0 aliphatic carbocycles. The van der Waals surface area contributed by atoms with Gasteiger partial charge in [0.25, 0.3) is 0 Å². The molecule has 2 amide bonds. The van der Waals surface area contributed by atoms with Crippen molar-refractivity contribution in [2.75, 3.05) is 23.7 Å². The molecule has 0 heterocycles. The van der Waals surface area contributed by atoms with E-state index in [-0.39, 0.29) is 24.9 Å². The third-order valence-electron chi connectivity index (χ3n) is 5.98. The van der Waals surface area contributed by atoms with Crippen LogP contribution >= 0.6 is 0 Å². The summed E-state index contributed by atoms with van der Waals surface area (Å²) in [6.07, 6.45) is 1.50. The van der Waals surface area contributed by atoms with Crippen LogP contribution < -0.4 is 9.62 Å². The zero-order valence-electron chi connectivity index (χ0n) is 22.0. The Balaban J connectivity index is 2.48. The number of amides is 2. The zero-order chi connectivity index (χ0) is 26.3. The van der Waals surface area contributed by atoms with E-state index >= 15 is 0 Å². The SMILES string of the molecule is CCC(C(=O)NCC(C)C)N(Cc1ccccc1C)C(=O)CN(c1cc(C)ccc1C)S(C)(=O)=O. The molecule has 7 nitrogen and oxygen atoms in total. The largest absolute Gasteiger partial charge is 0.354 e. The first-order valence-electron chi connectivity index (χ1n) is 12.0. The van der Waals surface area contributed by atoms with E-state index in [0.29, 0.717) is 18.7 Å². The van der Waals surface area contributed by atoms with Gasteiger partial charge in [0, 0.05) is 13.1 Å². The zero-order valence-corrected chi connectivity index (χ0v) is 22.8. The van der Waals surface area contributed by atoms with Gasteiger partial charge < -0.3 is 10.2 Å². The monoisotopic (exact) mass is 501 g/mol. The van der Waals surface area contributed by atoms with Crippen molar-refractivity contribution in [3.8, 4) is 0 Å². The van der Waals surface area contributed by atoms with Crippen LogP contribution in [0.4, 0.5) is 5.69 Å². The van der Waals surface area contributed by atoms with Gasteiger partial charge in [0.15, 0.2) is 0 Å². The Hall–Kier alpha value is -2.87. The Bertz CT molecular complexity index is 1140. The summed E-state index contributed by atoms with van der Waals surface area (Å²) >= 11 is 0. The van der Waals surface area contributed by atoms with Crippen LogP contribution in [0.5, 0.6) is 0 Å². The van der Waals surface area contributed by atoms with E-state index in [2.05, 4.69) is 5.32 Å². The molecule has 1 atom stereocenters. The topological polar surface area (TPSA) is 86.8 Å². The summed E-state index contributed by atoms with van der Waals surface area (Å²) < 4.78 is 26.7. The number of hydrogen-bond donors (Lipinski definition) is 1. The van der Waals surface area contributed by atoms with Crippen LogP contribution in [-0.2, 0) is 26.2 Å². The van der Waals surface area contributed by atoms with Crippen molar-refractivity contribution in [2.24, 2.45) is 5.92 Å². The van der Waals surface area contributed by atoms with E-state index in [1.165, 1.54) is 4.90 Å². The normalized spacial score (nSPS) is 12.3. The van der Waals surface area contributed by atoms with Crippen LogP contribution in [0, 0.1) is 26.7 Å². The van der Waals surface area contributed by atoms with Gasteiger partial charge in [-0.3, -0.25) is 13.9 Å². The number of sulfonamides is 1. The highest BCUT2D eigenvalue weighted by Gasteiger charge is 2.32. The van der Waals surface area contributed by atoms with Crippen molar-refractivity contribution < 1.29 is 18.0 Å². The predicted molar refractivity (Wildman–Crippen MR) is 142 cm³/mol. The highest BCUT2D eigenvalue weighted by atomic mass is 32.2. The van der Waals surface area contributed by atoms with Gasteiger partial charge >= 0.3 is 0 Å². The second-order valence-corrected chi connectivity index (χ2v) is 11.5. The molecule has 0 aliphatic heterocycles. The molecule has 0 saturated carbocycles. The van der Waals surface area contributed by atoms with Gasteiger partial charge in [0.05, 0.1) is 11.9 Å². The van der Waals surface area contributed by atoms with Gasteiger partial charge in [-0.25, -0.2) is 8.42 Å². The molecule has 1 unspecified atom stereocenters. The van der Waals surface area contributed by atoms with Crippen LogP contribution in [0.25, 0.3) is 0 Å². The average molecular weight is 502 g/mol. The second-order valence-electron chi connectivity index (χ2n) is 9.57. The van der Waals surface area contributed by atoms with Crippen molar-refractivity contribution in [1.82, 2.24) is 10.2 Å². The lowest BCUT2D eigenvalue weighted by Crippen LogP contribution is -2.52. The number of anilines is 1. The molecule has 2 aromatic carbocycles. The highest BCUT2D eigenvalue weighted by Crippen LogP contribution is 2.25. The maximum atomic E-state index is 13.8. The van der Waals surface area contributed by atoms with Gasteiger partial charge in [0.2, 0.25) is 21.8 Å². The number of carbonyl (C=O) groups excluding carboxylic acids is 2. The van der Waals surface area contributed by atoms with Crippen molar-refractivity contribution in [2.45, 2.75) is 60.5 Å². The average Bonchev–Trinajstić information content (AvgIpc) is 2.78. The molecule has 192 valence electrons. The number of rotatable bonds is 11. The molecule has 0 aromatic heterocycles. The number of aryl methyl sites for hydroxylation is 3. The number of hydrogen-bond acceptors (Lipinski definition) is 4. The molecule has 0 bridgehead atoms. The van der Waals surface area contributed by atoms with E-state index in [1.807, 2.05) is 77.9 Å². The third-order valence-corrected chi connectivity index (χ3v) is 7.11. The lowest BCUT2D eigenvalue weighted by Gasteiger charge is -2.33. The van der Waals surface area contributed by atoms with Crippen LogP contribution in [0.15, 0.2) is 42.5 Å². The molecule has 35 heavy (non-hydrogen) atoms. The van der Waals surface area contributed by atoms with Crippen molar-refractivity contribution in [3.05, 3.63) is 64.7 Å². The van der Waals surface area contributed by atoms with E-state index < -0.39 is 22.0 Å². The first-order chi connectivity index (χ1) is 16.3. The van der Waals surface area contributed by atoms with Crippen molar-refractivity contribution in [3.63, 3.8) is 0 Å². The standard InChI is InChI=1S/C27H39N3O4S/c1-8-24(27(32)28-16-19(2)3)29(17-23-12-10-9-11-21(23)5)26(31)18-30(35(7,33)34)25-15-20(4)13-14-22(25)6/h9-15,19,24H,8,16-18H2,1-7H3,(H,28,32). The second kappa shape index (κ2) is 12.2. The summed E-state index contributed by atoms with van der Waals surface area (Å²) in [7, 11) is -3.76. The molecule has 8 heteroatoms. The van der Waals surface area contributed by atoms with Gasteiger partial charge in [-0.2, -0.15) is 0 Å². The molecular weight excluding hydrogens is 462 g/mol. The van der Waals surface area contributed by atoms with Crippen molar-refractivity contribution >= 4 is 27.5 Å². The van der Waals surface area contributed by atoms with Gasteiger partial charge in [0.1, 0.15) is 12.6 Å². The Morgan fingerprint density at radius 3 is 2.23 bits per heavy atom. The van der Waals surface area contributed by atoms with Crippen LogP contribution in [0.1, 0.15) is 49.4 Å². The fourth-order valence-electron chi connectivity index (χ4n) is 3.90. The summed E-state index contributed by atoms with van der Waals surface area (Å²) in [5.74, 6) is -0.395. The Morgan fingerprint density at radius 1 is 1.00 bits per heavy atom. The maximum absolute atomic E-state index is 13.8. The van der Waals surface area contributed by atoms with E-state index in [9.17, 15) is 18.0 Å². The summed E-state index contributed by atoms with van der Waals surface area (Å²) in [6, 6.07) is 12.5. The van der Waals surface area contributed by atoms with Gasteiger partial charge in [-0.05, 0) is 61.4 Å². The molecule has 1 N–H and O–H groups in total. The smallest absolute Gasteiger partial charge is 0.244 e. The minimum Gasteiger partial charge on any atom is -0.354 e. The minimum absolute atomic E-state index is 0.212. The molecule has 0 saturated heterocycles. The van der Waals surface area contributed by atoms with Gasteiger partial charge in [-0.1, -0.05) is 57.2 Å². The van der Waals surface area contributed by atoms with E-state index in [1.54, 1.807) is 6.07 Å². The lowest BCUT2D eigenvalue weighted by molar-refractivity contribution is -0.140. The molecule has 0 spiro atoms. The van der Waals surface area contributed by atoms with Gasteiger partial charge in [-0.15, -0.1) is 0 Å². The molecule has 0 fully saturated rings. The number of nitrogens with one attached hydrogen (secondary N) is 1. The molecule has 2 rings (SSSR count). The number of nitrogens with zero attached hydrogens (tertiary/aromatic N) is 2. The van der Waals surface area contributed by atoms with E-state index in [4.69, 9.17) is 0 Å². The Labute approximate surface area is 210 Å². The predicted octanol–water partition coefficient (Wildman–Crippen LogP) is 3.96. The third kappa shape index (κ3) is 7.82. The van der Waals surface area contributed by atoms with Crippen LogP contribution in [0.3, 0.4) is 0 Å². The summed E-state index contributed by atoms with van der Waals surface area (Å²) in [6.45, 7) is 11.8. The molecule has 2 aromatic rings. The fraction of sp³-hybridized carbons (Fsp3) is 0.481. The fourth-order valence-corrected chi connectivity index (χ4v) is 4.79. The molecule has 0 aliphatic rings.